The number of fused-ring (bicyclic) bond motifs is 1. The molecule has 144 valence electrons. The van der Waals surface area contributed by atoms with Crippen molar-refractivity contribution in [1.29, 1.82) is 0 Å². The van der Waals surface area contributed by atoms with Gasteiger partial charge in [0.15, 0.2) is 0 Å². The van der Waals surface area contributed by atoms with Crippen LogP contribution in [0.5, 0.6) is 0 Å². The number of carbonyl (C=O) groups is 1. The molecule has 0 radical (unpaired) electrons. The van der Waals surface area contributed by atoms with Gasteiger partial charge in [0.25, 0.3) is 5.91 Å². The maximum absolute atomic E-state index is 12.8. The molecular weight excluding hydrogens is 348 g/mol. The van der Waals surface area contributed by atoms with E-state index in [4.69, 9.17) is 5.73 Å². The zero-order valence-corrected chi connectivity index (χ0v) is 16.2. The fraction of sp³-hybridized carbons (Fsp3) is 0.261. The second-order valence-corrected chi connectivity index (χ2v) is 7.18. The van der Waals surface area contributed by atoms with Crippen LogP contribution in [-0.2, 0) is 0 Å². The van der Waals surface area contributed by atoms with Crippen LogP contribution in [-0.4, -0.2) is 43.5 Å². The number of anilines is 3. The standard InChI is InChI=1S/C23H26N4O/c1-2-26-12-14-27(15-13-26)22-11-10-18(16-21(22)24)25-23(28)20-9-5-7-17-6-3-4-8-19(17)20/h3-11,16H,2,12-15,24H2,1H3,(H,25,28). The van der Waals surface area contributed by atoms with E-state index < -0.39 is 0 Å². The minimum Gasteiger partial charge on any atom is -0.397 e. The van der Waals surface area contributed by atoms with Crippen molar-refractivity contribution in [2.24, 2.45) is 0 Å². The van der Waals surface area contributed by atoms with Crippen molar-refractivity contribution in [3.8, 4) is 0 Å². The van der Waals surface area contributed by atoms with Crippen LogP contribution in [0.3, 0.4) is 0 Å². The second-order valence-electron chi connectivity index (χ2n) is 7.18. The maximum Gasteiger partial charge on any atom is 0.256 e. The van der Waals surface area contributed by atoms with Crippen LogP contribution in [0.25, 0.3) is 10.8 Å². The highest BCUT2D eigenvalue weighted by atomic mass is 16.1. The summed E-state index contributed by atoms with van der Waals surface area (Å²) < 4.78 is 0. The van der Waals surface area contributed by atoms with Crippen LogP contribution >= 0.6 is 0 Å². The number of rotatable bonds is 4. The van der Waals surface area contributed by atoms with Crippen molar-refractivity contribution in [3.63, 3.8) is 0 Å². The first-order valence-electron chi connectivity index (χ1n) is 9.81. The number of piperazine rings is 1. The number of amides is 1. The molecule has 0 bridgehead atoms. The van der Waals surface area contributed by atoms with Crippen LogP contribution in [0.4, 0.5) is 17.1 Å². The lowest BCUT2D eigenvalue weighted by Crippen LogP contribution is -2.46. The smallest absolute Gasteiger partial charge is 0.256 e. The Morgan fingerprint density at radius 3 is 2.50 bits per heavy atom. The van der Waals surface area contributed by atoms with E-state index in [0.29, 0.717) is 16.9 Å². The monoisotopic (exact) mass is 374 g/mol. The van der Waals surface area contributed by atoms with Gasteiger partial charge in [-0.2, -0.15) is 0 Å². The molecule has 1 amide bonds. The maximum atomic E-state index is 12.8. The number of nitrogens with one attached hydrogen (secondary N) is 1. The normalized spacial score (nSPS) is 15.0. The molecule has 0 unspecified atom stereocenters. The molecule has 28 heavy (non-hydrogen) atoms. The summed E-state index contributed by atoms with van der Waals surface area (Å²) in [5.74, 6) is -0.125. The summed E-state index contributed by atoms with van der Waals surface area (Å²) in [5.41, 5.74) is 9.43. The zero-order chi connectivity index (χ0) is 19.5. The number of hydrogen-bond acceptors (Lipinski definition) is 4. The van der Waals surface area contributed by atoms with Gasteiger partial charge >= 0.3 is 0 Å². The lowest BCUT2D eigenvalue weighted by molar-refractivity contribution is 0.102. The van der Waals surface area contributed by atoms with Gasteiger partial charge in [0.05, 0.1) is 11.4 Å². The number of nitrogens with two attached hydrogens (primary N) is 1. The molecule has 0 aliphatic carbocycles. The summed E-state index contributed by atoms with van der Waals surface area (Å²) in [6.45, 7) is 7.32. The van der Waals surface area contributed by atoms with Gasteiger partial charge in [-0.15, -0.1) is 0 Å². The van der Waals surface area contributed by atoms with Crippen molar-refractivity contribution in [2.75, 3.05) is 48.7 Å². The summed E-state index contributed by atoms with van der Waals surface area (Å²) in [6.07, 6.45) is 0. The molecule has 5 heteroatoms. The van der Waals surface area contributed by atoms with Gasteiger partial charge in [-0.25, -0.2) is 0 Å². The van der Waals surface area contributed by atoms with Gasteiger partial charge in [0, 0.05) is 37.4 Å². The van der Waals surface area contributed by atoms with Crippen molar-refractivity contribution >= 4 is 33.7 Å². The quantitative estimate of drug-likeness (QED) is 0.682. The Hall–Kier alpha value is -3.05. The van der Waals surface area contributed by atoms with Crippen LogP contribution in [0.1, 0.15) is 17.3 Å². The average molecular weight is 374 g/mol. The molecule has 3 aromatic carbocycles. The summed E-state index contributed by atoms with van der Waals surface area (Å²) in [4.78, 5) is 17.6. The predicted molar refractivity (Wildman–Crippen MR) is 117 cm³/mol. The van der Waals surface area contributed by atoms with Crippen molar-refractivity contribution in [2.45, 2.75) is 6.92 Å². The third-order valence-corrected chi connectivity index (χ3v) is 5.48. The Kier molecular flexibility index (Phi) is 5.17. The molecule has 0 aromatic heterocycles. The second kappa shape index (κ2) is 7.90. The first-order valence-corrected chi connectivity index (χ1v) is 9.81. The highest BCUT2D eigenvalue weighted by molar-refractivity contribution is 6.13. The van der Waals surface area contributed by atoms with Gasteiger partial charge in [-0.05, 0) is 41.6 Å². The van der Waals surface area contributed by atoms with E-state index in [2.05, 4.69) is 22.0 Å². The lowest BCUT2D eigenvalue weighted by Gasteiger charge is -2.36. The number of benzene rings is 3. The van der Waals surface area contributed by atoms with Crippen molar-refractivity contribution in [1.82, 2.24) is 4.90 Å². The number of nitrogens with zero attached hydrogens (tertiary/aromatic N) is 2. The van der Waals surface area contributed by atoms with E-state index in [1.54, 1.807) is 0 Å². The summed E-state index contributed by atoms with van der Waals surface area (Å²) >= 11 is 0. The predicted octanol–water partition coefficient (Wildman–Crippen LogP) is 3.82. The molecular formula is C23H26N4O. The summed E-state index contributed by atoms with van der Waals surface area (Å²) in [6, 6.07) is 19.5. The molecule has 4 rings (SSSR count). The lowest BCUT2D eigenvalue weighted by atomic mass is 10.0. The molecule has 3 N–H and O–H groups in total. The summed E-state index contributed by atoms with van der Waals surface area (Å²) in [5, 5.41) is 4.99. The van der Waals surface area contributed by atoms with E-state index in [-0.39, 0.29) is 5.91 Å². The number of nitrogen functional groups attached to an aromatic ring is 1. The number of hydrogen-bond donors (Lipinski definition) is 2. The molecule has 0 saturated carbocycles. The topological polar surface area (TPSA) is 61.6 Å². The van der Waals surface area contributed by atoms with E-state index in [0.717, 1.165) is 49.2 Å². The molecule has 1 aliphatic rings. The Morgan fingerprint density at radius 1 is 1.00 bits per heavy atom. The molecule has 1 saturated heterocycles. The van der Waals surface area contributed by atoms with Gasteiger partial charge in [-0.3, -0.25) is 4.79 Å². The largest absolute Gasteiger partial charge is 0.397 e. The van der Waals surface area contributed by atoms with Gasteiger partial charge in [0.1, 0.15) is 0 Å². The van der Waals surface area contributed by atoms with Gasteiger partial charge in [-0.1, -0.05) is 43.3 Å². The Labute approximate surface area is 165 Å². The Balaban J connectivity index is 1.51. The van der Waals surface area contributed by atoms with E-state index >= 15 is 0 Å². The van der Waals surface area contributed by atoms with E-state index in [9.17, 15) is 4.79 Å². The van der Waals surface area contributed by atoms with Crippen LogP contribution in [0, 0.1) is 0 Å². The summed E-state index contributed by atoms with van der Waals surface area (Å²) in [7, 11) is 0. The molecule has 1 aliphatic heterocycles. The fourth-order valence-electron chi connectivity index (χ4n) is 3.85. The SMILES string of the molecule is CCN1CCN(c2ccc(NC(=O)c3cccc4ccccc34)cc2N)CC1. The molecule has 5 nitrogen and oxygen atoms in total. The fourth-order valence-corrected chi connectivity index (χ4v) is 3.85. The van der Waals surface area contributed by atoms with Crippen molar-refractivity contribution < 1.29 is 4.79 Å². The number of likely N-dealkylation sites (N-methyl/N-ethyl adjacent to an activating group) is 1. The highest BCUT2D eigenvalue weighted by Gasteiger charge is 2.18. The minimum absolute atomic E-state index is 0.125. The van der Waals surface area contributed by atoms with E-state index in [1.165, 1.54) is 0 Å². The number of carbonyl (C=O) groups excluding carboxylic acids is 1. The van der Waals surface area contributed by atoms with Crippen LogP contribution in [0.15, 0.2) is 60.7 Å². The molecule has 3 aromatic rings. The van der Waals surface area contributed by atoms with Crippen LogP contribution in [0.2, 0.25) is 0 Å². The van der Waals surface area contributed by atoms with Crippen LogP contribution < -0.4 is 16.0 Å². The highest BCUT2D eigenvalue weighted by Crippen LogP contribution is 2.28. The third-order valence-electron chi connectivity index (χ3n) is 5.48. The zero-order valence-electron chi connectivity index (χ0n) is 16.2. The van der Waals surface area contributed by atoms with E-state index in [1.807, 2.05) is 60.7 Å². The molecule has 1 heterocycles. The first-order chi connectivity index (χ1) is 13.7. The van der Waals surface area contributed by atoms with Crippen molar-refractivity contribution in [3.05, 3.63) is 66.2 Å². The Bertz CT molecular complexity index is 988. The minimum atomic E-state index is -0.125. The molecule has 0 spiro atoms. The average Bonchev–Trinajstić information content (AvgIpc) is 2.73. The Morgan fingerprint density at radius 2 is 1.75 bits per heavy atom. The van der Waals surface area contributed by atoms with Gasteiger partial charge < -0.3 is 20.9 Å². The third kappa shape index (κ3) is 3.66. The van der Waals surface area contributed by atoms with Gasteiger partial charge in [0.2, 0.25) is 0 Å². The first kappa shape index (κ1) is 18.3. The molecule has 1 fully saturated rings. The molecule has 0 atom stereocenters.